The van der Waals surface area contributed by atoms with E-state index in [1.54, 1.807) is 13.8 Å². The van der Waals surface area contributed by atoms with E-state index in [1.807, 2.05) is 0 Å². The molecule has 2 aromatic heterocycles. The number of hydrogen-bond donors (Lipinski definition) is 0. The van der Waals surface area contributed by atoms with Crippen molar-refractivity contribution in [3.8, 4) is 0 Å². The largest absolute Gasteiger partial charge is 0.433 e. The molecular weight excluding hydrogens is 304 g/mol. The average Bonchev–Trinajstić information content (AvgIpc) is 2.89. The molecule has 5 nitrogen and oxygen atoms in total. The number of methoxy groups -OCH3 is 1. The zero-order valence-electron chi connectivity index (χ0n) is 12.1. The Morgan fingerprint density at radius 3 is 2.50 bits per heavy atom. The van der Waals surface area contributed by atoms with Crippen molar-refractivity contribution in [2.45, 2.75) is 32.2 Å². The summed E-state index contributed by atoms with van der Waals surface area (Å²) in [6, 6.07) is 0.665. The molecular formula is C13H14F4N4O. The van der Waals surface area contributed by atoms with Crippen molar-refractivity contribution in [3.63, 3.8) is 0 Å². The number of halogens is 4. The number of pyridine rings is 1. The minimum atomic E-state index is -4.63. The van der Waals surface area contributed by atoms with Crippen molar-refractivity contribution in [2.24, 2.45) is 0 Å². The highest BCUT2D eigenvalue weighted by atomic mass is 19.4. The van der Waals surface area contributed by atoms with Crippen LogP contribution in [0.5, 0.6) is 0 Å². The quantitative estimate of drug-likeness (QED) is 0.814. The van der Waals surface area contributed by atoms with E-state index in [4.69, 9.17) is 4.74 Å². The lowest BCUT2D eigenvalue weighted by Gasteiger charge is -2.18. The van der Waals surface area contributed by atoms with Crippen molar-refractivity contribution in [1.82, 2.24) is 20.0 Å². The third-order valence-electron chi connectivity index (χ3n) is 3.22. The third-order valence-corrected chi connectivity index (χ3v) is 3.22. The second-order valence-corrected chi connectivity index (χ2v) is 5.17. The molecule has 120 valence electrons. The van der Waals surface area contributed by atoms with Gasteiger partial charge in [0.05, 0.1) is 18.9 Å². The molecule has 2 aromatic rings. The molecule has 9 heteroatoms. The molecule has 0 fully saturated rings. The fourth-order valence-corrected chi connectivity index (χ4v) is 1.69. The summed E-state index contributed by atoms with van der Waals surface area (Å²) in [4.78, 5) is 3.04. The summed E-state index contributed by atoms with van der Waals surface area (Å²) in [5.41, 5.74) is -1.54. The number of aromatic nitrogens is 4. The summed E-state index contributed by atoms with van der Waals surface area (Å²) in [6.07, 6.45) is -2.58. The molecule has 0 bridgehead atoms. The lowest BCUT2D eigenvalue weighted by Crippen LogP contribution is -2.19. The van der Waals surface area contributed by atoms with Crippen LogP contribution in [0.1, 0.15) is 30.8 Å². The standard InChI is InChI=1S/C13H14F4N4O/c1-12(2,22-3)11-7-21(20-19-11)6-8-4-10(13(15,16)17)18-5-9(8)14/h4-5,7H,6H2,1-3H3. The lowest BCUT2D eigenvalue weighted by atomic mass is 10.1. The van der Waals surface area contributed by atoms with Crippen LogP contribution in [0.4, 0.5) is 17.6 Å². The normalized spacial score (nSPS) is 12.7. The molecule has 0 aromatic carbocycles. The van der Waals surface area contributed by atoms with Crippen LogP contribution in [0.3, 0.4) is 0 Å². The molecule has 2 heterocycles. The fraction of sp³-hybridized carbons (Fsp3) is 0.462. The van der Waals surface area contributed by atoms with Gasteiger partial charge in [0.15, 0.2) is 0 Å². The molecule has 0 radical (unpaired) electrons. The Bertz CT molecular complexity index is 666. The summed E-state index contributed by atoms with van der Waals surface area (Å²) < 4.78 is 57.9. The maximum Gasteiger partial charge on any atom is 0.433 e. The van der Waals surface area contributed by atoms with Gasteiger partial charge >= 0.3 is 6.18 Å². The molecule has 0 spiro atoms. The van der Waals surface area contributed by atoms with Crippen molar-refractivity contribution in [3.05, 3.63) is 41.2 Å². The molecule has 0 aliphatic carbocycles. The second kappa shape index (κ2) is 5.64. The van der Waals surface area contributed by atoms with Crippen LogP contribution < -0.4 is 0 Å². The maximum atomic E-state index is 13.6. The highest BCUT2D eigenvalue weighted by Crippen LogP contribution is 2.28. The van der Waals surface area contributed by atoms with Gasteiger partial charge in [0.25, 0.3) is 0 Å². The van der Waals surface area contributed by atoms with Gasteiger partial charge in [-0.2, -0.15) is 13.2 Å². The van der Waals surface area contributed by atoms with Crippen LogP contribution in [0, 0.1) is 5.82 Å². The zero-order valence-corrected chi connectivity index (χ0v) is 12.1. The molecule has 0 atom stereocenters. The second-order valence-electron chi connectivity index (χ2n) is 5.17. The molecule has 0 aliphatic rings. The van der Waals surface area contributed by atoms with Crippen LogP contribution in [0.15, 0.2) is 18.5 Å². The van der Waals surface area contributed by atoms with Crippen molar-refractivity contribution in [2.75, 3.05) is 7.11 Å². The summed E-state index contributed by atoms with van der Waals surface area (Å²) in [5.74, 6) is -0.837. The smallest absolute Gasteiger partial charge is 0.372 e. The van der Waals surface area contributed by atoms with E-state index in [1.165, 1.54) is 18.0 Å². The van der Waals surface area contributed by atoms with Gasteiger partial charge in [0.1, 0.15) is 22.8 Å². The Labute approximate surface area is 123 Å². The number of ether oxygens (including phenoxy) is 1. The highest BCUT2D eigenvalue weighted by molar-refractivity contribution is 5.20. The van der Waals surface area contributed by atoms with E-state index < -0.39 is 23.3 Å². The molecule has 0 saturated carbocycles. The van der Waals surface area contributed by atoms with E-state index in [0.29, 0.717) is 18.0 Å². The molecule has 0 aliphatic heterocycles. The first-order valence-electron chi connectivity index (χ1n) is 6.31. The van der Waals surface area contributed by atoms with Crippen molar-refractivity contribution < 1.29 is 22.3 Å². The van der Waals surface area contributed by atoms with Gasteiger partial charge in [-0.3, -0.25) is 0 Å². The first-order chi connectivity index (χ1) is 10.1. The lowest BCUT2D eigenvalue weighted by molar-refractivity contribution is -0.141. The van der Waals surface area contributed by atoms with Gasteiger partial charge in [-0.15, -0.1) is 5.10 Å². The van der Waals surface area contributed by atoms with E-state index >= 15 is 0 Å². The average molecular weight is 318 g/mol. The van der Waals surface area contributed by atoms with Crippen LogP contribution in [0.25, 0.3) is 0 Å². The summed E-state index contributed by atoms with van der Waals surface area (Å²) in [6.45, 7) is 3.33. The number of alkyl halides is 3. The minimum Gasteiger partial charge on any atom is -0.372 e. The minimum absolute atomic E-state index is 0.172. The molecule has 0 saturated heterocycles. The van der Waals surface area contributed by atoms with Gasteiger partial charge in [-0.05, 0) is 19.9 Å². The fourth-order valence-electron chi connectivity index (χ4n) is 1.69. The SMILES string of the molecule is COC(C)(C)c1cn(Cc2cc(C(F)(F)F)ncc2F)nn1. The van der Waals surface area contributed by atoms with Crippen LogP contribution >= 0.6 is 0 Å². The van der Waals surface area contributed by atoms with Gasteiger partial charge in [0.2, 0.25) is 0 Å². The third kappa shape index (κ3) is 3.41. The first-order valence-corrected chi connectivity index (χ1v) is 6.31. The summed E-state index contributed by atoms with van der Waals surface area (Å²) in [5, 5.41) is 7.66. The van der Waals surface area contributed by atoms with Gasteiger partial charge in [-0.25, -0.2) is 14.1 Å². The van der Waals surface area contributed by atoms with Gasteiger partial charge in [0, 0.05) is 12.7 Å². The van der Waals surface area contributed by atoms with Crippen LogP contribution in [0.2, 0.25) is 0 Å². The van der Waals surface area contributed by atoms with Gasteiger partial charge < -0.3 is 4.74 Å². The van der Waals surface area contributed by atoms with Crippen LogP contribution in [-0.2, 0) is 23.1 Å². The Kier molecular flexibility index (Phi) is 4.19. The Hall–Kier alpha value is -2.03. The number of nitrogens with zero attached hydrogens (tertiary/aromatic N) is 4. The van der Waals surface area contributed by atoms with E-state index in [2.05, 4.69) is 15.3 Å². The molecule has 0 N–H and O–H groups in total. The topological polar surface area (TPSA) is 52.8 Å². The molecule has 0 unspecified atom stereocenters. The Balaban J connectivity index is 2.28. The van der Waals surface area contributed by atoms with E-state index in [-0.39, 0.29) is 12.1 Å². The zero-order chi connectivity index (χ0) is 16.5. The number of rotatable bonds is 4. The number of hydrogen-bond acceptors (Lipinski definition) is 4. The Morgan fingerprint density at radius 1 is 1.23 bits per heavy atom. The predicted molar refractivity (Wildman–Crippen MR) is 68.4 cm³/mol. The Morgan fingerprint density at radius 2 is 1.91 bits per heavy atom. The van der Waals surface area contributed by atoms with E-state index in [0.717, 1.165) is 0 Å². The highest BCUT2D eigenvalue weighted by Gasteiger charge is 2.33. The first kappa shape index (κ1) is 16.3. The van der Waals surface area contributed by atoms with E-state index in [9.17, 15) is 17.6 Å². The summed E-state index contributed by atoms with van der Waals surface area (Å²) in [7, 11) is 1.50. The van der Waals surface area contributed by atoms with Gasteiger partial charge in [-0.1, -0.05) is 5.21 Å². The molecule has 0 amide bonds. The van der Waals surface area contributed by atoms with Crippen LogP contribution in [-0.4, -0.2) is 27.1 Å². The van der Waals surface area contributed by atoms with Crippen molar-refractivity contribution in [1.29, 1.82) is 0 Å². The molecule has 2 rings (SSSR count). The maximum absolute atomic E-state index is 13.6. The predicted octanol–water partition coefficient (Wildman–Crippen LogP) is 2.76. The van der Waals surface area contributed by atoms with Crippen molar-refractivity contribution >= 4 is 0 Å². The molecule has 22 heavy (non-hydrogen) atoms. The monoisotopic (exact) mass is 318 g/mol. The summed E-state index contributed by atoms with van der Waals surface area (Å²) >= 11 is 0.